The van der Waals surface area contributed by atoms with Crippen molar-refractivity contribution < 1.29 is 80.2 Å². The number of hydrogen-bond acceptors (Lipinski definition) is 15. The maximum atomic E-state index is 13.1. The number of esters is 4. The Kier molecular flexibility index (Phi) is 76.8. The first-order chi connectivity index (χ1) is 50.7. The molecule has 0 aliphatic heterocycles. The van der Waals surface area contributed by atoms with Gasteiger partial charge in [0.05, 0.1) is 26.4 Å². The Morgan fingerprint density at radius 1 is 0.269 bits per heavy atom. The topological polar surface area (TPSA) is 237 Å². The van der Waals surface area contributed by atoms with Crippen LogP contribution < -0.4 is 0 Å². The zero-order valence-corrected chi connectivity index (χ0v) is 69.3. The maximum absolute atomic E-state index is 13.1. The molecule has 104 heavy (non-hydrogen) atoms. The minimum absolute atomic E-state index is 0.103. The third-order valence-corrected chi connectivity index (χ3v) is 21.4. The summed E-state index contributed by atoms with van der Waals surface area (Å²) in [6, 6.07) is 0. The average Bonchev–Trinajstić information content (AvgIpc) is 0.909. The van der Waals surface area contributed by atoms with Crippen LogP contribution in [0.2, 0.25) is 0 Å². The maximum Gasteiger partial charge on any atom is 0.472 e. The van der Waals surface area contributed by atoms with Crippen LogP contribution in [0, 0.1) is 0 Å². The van der Waals surface area contributed by atoms with Gasteiger partial charge in [-0.1, -0.05) is 379 Å². The van der Waals surface area contributed by atoms with Crippen molar-refractivity contribution in [1.82, 2.24) is 0 Å². The molecule has 0 saturated heterocycles. The molecule has 0 aromatic rings. The third-order valence-electron chi connectivity index (χ3n) is 19.4. The van der Waals surface area contributed by atoms with E-state index >= 15 is 0 Å². The van der Waals surface area contributed by atoms with Crippen molar-refractivity contribution >= 4 is 39.5 Å². The highest BCUT2D eigenvalue weighted by atomic mass is 31.2. The van der Waals surface area contributed by atoms with Crippen LogP contribution in [0.25, 0.3) is 0 Å². The van der Waals surface area contributed by atoms with Crippen LogP contribution in [-0.2, 0) is 65.4 Å². The van der Waals surface area contributed by atoms with Gasteiger partial charge >= 0.3 is 39.5 Å². The number of rotatable bonds is 84. The summed E-state index contributed by atoms with van der Waals surface area (Å²) in [4.78, 5) is 73.2. The number of allylic oxidation sites excluding steroid dienone is 4. The molecule has 0 rings (SSSR count). The van der Waals surface area contributed by atoms with Gasteiger partial charge in [-0.25, -0.2) is 9.13 Å². The highest BCUT2D eigenvalue weighted by Gasteiger charge is 2.30. The summed E-state index contributed by atoms with van der Waals surface area (Å²) < 4.78 is 68.9. The summed E-state index contributed by atoms with van der Waals surface area (Å²) in [5.41, 5.74) is 0. The van der Waals surface area contributed by atoms with E-state index in [4.69, 9.17) is 37.0 Å². The van der Waals surface area contributed by atoms with E-state index in [1.165, 1.54) is 244 Å². The fourth-order valence-electron chi connectivity index (χ4n) is 12.8. The predicted molar refractivity (Wildman–Crippen MR) is 428 cm³/mol. The van der Waals surface area contributed by atoms with Gasteiger partial charge in [-0.2, -0.15) is 0 Å². The monoisotopic (exact) mass is 1520 g/mol. The molecule has 19 heteroatoms. The molecule has 0 aromatic heterocycles. The summed E-state index contributed by atoms with van der Waals surface area (Å²) >= 11 is 0. The highest BCUT2D eigenvalue weighted by molar-refractivity contribution is 7.47. The second kappa shape index (κ2) is 78.7. The Morgan fingerprint density at radius 3 is 0.731 bits per heavy atom. The summed E-state index contributed by atoms with van der Waals surface area (Å²) in [6.07, 6.45) is 75.6. The molecule has 0 heterocycles. The quantitative estimate of drug-likeness (QED) is 0.0169. The molecule has 0 radical (unpaired) electrons. The van der Waals surface area contributed by atoms with E-state index in [2.05, 4.69) is 52.0 Å². The lowest BCUT2D eigenvalue weighted by atomic mass is 10.0. The lowest BCUT2D eigenvalue weighted by Gasteiger charge is -2.21. The Hall–Kier alpha value is -2.46. The number of ether oxygens (including phenoxy) is 4. The van der Waals surface area contributed by atoms with E-state index in [1.54, 1.807) is 0 Å². The molecular formula is C85H162O17P2. The molecule has 0 fully saturated rings. The fraction of sp³-hybridized carbons (Fsp3) is 0.906. The molecule has 17 nitrogen and oxygen atoms in total. The summed E-state index contributed by atoms with van der Waals surface area (Å²) in [7, 11) is -9.94. The van der Waals surface area contributed by atoms with Gasteiger partial charge in [0.1, 0.15) is 19.3 Å². The van der Waals surface area contributed by atoms with Crippen molar-refractivity contribution in [3.05, 3.63) is 24.3 Å². The van der Waals surface area contributed by atoms with Gasteiger partial charge in [-0.05, 0) is 57.8 Å². The third kappa shape index (κ3) is 77.7. The van der Waals surface area contributed by atoms with Crippen molar-refractivity contribution in [3.63, 3.8) is 0 Å². The molecule has 0 amide bonds. The molecule has 3 N–H and O–H groups in total. The van der Waals surface area contributed by atoms with Gasteiger partial charge in [0, 0.05) is 25.7 Å². The summed E-state index contributed by atoms with van der Waals surface area (Å²) in [5, 5.41) is 10.7. The van der Waals surface area contributed by atoms with Gasteiger partial charge in [-0.3, -0.25) is 37.3 Å². The van der Waals surface area contributed by atoms with Crippen LogP contribution >= 0.6 is 15.6 Å². The number of carbonyl (C=O) groups is 4. The van der Waals surface area contributed by atoms with Crippen LogP contribution in [0.1, 0.15) is 439 Å². The Bertz CT molecular complexity index is 2060. The standard InChI is InChI=1S/C85H162O17P2/c1-5-9-13-17-21-25-29-33-37-39-43-46-50-54-58-62-66-70-83(88)96-76-80(101-84(89)71-67-63-59-55-51-47-42-36-32-28-24-20-16-12-8-4)77-99-103(91,92)97-73-79(86)74-98-104(93,94)100-78-81(75-95-82(87)69-65-61-57-53-49-45-41-35-31-27-23-19-15-11-7-3)102-85(90)72-68-64-60-56-52-48-44-40-38-34-30-26-22-18-14-10-6-2/h23,27,35,41,79-81,86H,5-22,24-26,28-34,36-40,42-78H2,1-4H3,(H,91,92)(H,93,94)/b27-23-,41-35-/t79-,80-,81-/m1/s1. The van der Waals surface area contributed by atoms with Gasteiger partial charge in [0.2, 0.25) is 0 Å². The molecule has 0 aliphatic rings. The van der Waals surface area contributed by atoms with Crippen molar-refractivity contribution in [2.24, 2.45) is 0 Å². The van der Waals surface area contributed by atoms with Gasteiger partial charge in [-0.15, -0.1) is 0 Å². The number of aliphatic hydroxyl groups is 1. The number of unbranched alkanes of at least 4 members (excludes halogenated alkanes) is 54. The van der Waals surface area contributed by atoms with E-state index in [1.807, 2.05) is 0 Å². The molecular weight excluding hydrogens is 1350 g/mol. The van der Waals surface area contributed by atoms with E-state index in [-0.39, 0.29) is 25.7 Å². The predicted octanol–water partition coefficient (Wildman–Crippen LogP) is 25.7. The number of phosphoric ester groups is 2. The molecule has 2 unspecified atom stereocenters. The van der Waals surface area contributed by atoms with Gasteiger partial charge in [0.25, 0.3) is 0 Å². The molecule has 0 spiro atoms. The van der Waals surface area contributed by atoms with Crippen LogP contribution in [-0.4, -0.2) is 96.7 Å². The smallest absolute Gasteiger partial charge is 0.462 e. The van der Waals surface area contributed by atoms with Crippen LogP contribution in [0.5, 0.6) is 0 Å². The number of hydrogen-bond donors (Lipinski definition) is 3. The molecule has 0 bridgehead atoms. The number of carbonyl (C=O) groups excluding carboxylic acids is 4. The van der Waals surface area contributed by atoms with Gasteiger partial charge in [0.15, 0.2) is 12.2 Å². The molecule has 0 aromatic carbocycles. The van der Waals surface area contributed by atoms with Crippen molar-refractivity contribution in [2.75, 3.05) is 39.6 Å². The largest absolute Gasteiger partial charge is 0.472 e. The minimum Gasteiger partial charge on any atom is -0.462 e. The minimum atomic E-state index is -4.97. The SMILES string of the molecule is CCCCC/C=C\C/C=C\CCCCCCCC(=O)OC[C@H](COP(=O)(O)OC[C@H](O)COP(=O)(O)OC[C@@H](COC(=O)CCCCCCCCCCCCCCCCCCC)OC(=O)CCCCCCCCCCCCCCCCC)OC(=O)CCCCCCCCCCCCCCCCCCC. The summed E-state index contributed by atoms with van der Waals surface area (Å²) in [6.45, 7) is 4.99. The number of aliphatic hydroxyl groups excluding tert-OH is 1. The lowest BCUT2D eigenvalue weighted by molar-refractivity contribution is -0.161. The molecule has 614 valence electrons. The zero-order chi connectivity index (χ0) is 76.0. The first-order valence-electron chi connectivity index (χ1n) is 43.6. The lowest BCUT2D eigenvalue weighted by Crippen LogP contribution is -2.30. The van der Waals surface area contributed by atoms with Crippen LogP contribution in [0.15, 0.2) is 24.3 Å². The zero-order valence-electron chi connectivity index (χ0n) is 67.5. The molecule has 5 atom stereocenters. The molecule has 0 aliphatic carbocycles. The van der Waals surface area contributed by atoms with Crippen LogP contribution in [0.3, 0.4) is 0 Å². The van der Waals surface area contributed by atoms with E-state index in [0.29, 0.717) is 25.7 Å². The second-order valence-electron chi connectivity index (χ2n) is 29.9. The highest BCUT2D eigenvalue weighted by Crippen LogP contribution is 2.45. The first-order valence-corrected chi connectivity index (χ1v) is 46.6. The van der Waals surface area contributed by atoms with E-state index < -0.39 is 97.5 Å². The Labute approximate surface area is 637 Å². The summed E-state index contributed by atoms with van der Waals surface area (Å²) in [5.74, 6) is -2.13. The van der Waals surface area contributed by atoms with Crippen LogP contribution in [0.4, 0.5) is 0 Å². The van der Waals surface area contributed by atoms with E-state index in [0.717, 1.165) is 116 Å². The second-order valence-corrected chi connectivity index (χ2v) is 32.8. The van der Waals surface area contributed by atoms with Crippen molar-refractivity contribution in [3.8, 4) is 0 Å². The number of phosphoric acid groups is 2. The fourth-order valence-corrected chi connectivity index (χ4v) is 14.4. The van der Waals surface area contributed by atoms with Gasteiger partial charge < -0.3 is 33.8 Å². The Balaban J connectivity index is 5.30. The van der Waals surface area contributed by atoms with Crippen molar-refractivity contribution in [1.29, 1.82) is 0 Å². The average molecular weight is 1520 g/mol. The molecule has 0 saturated carbocycles. The van der Waals surface area contributed by atoms with E-state index in [9.17, 15) is 43.2 Å². The Morgan fingerprint density at radius 2 is 0.471 bits per heavy atom. The first kappa shape index (κ1) is 102. The van der Waals surface area contributed by atoms with Crippen molar-refractivity contribution in [2.45, 2.75) is 457 Å². The normalized spacial score (nSPS) is 13.9.